The highest BCUT2D eigenvalue weighted by Crippen LogP contribution is 2.28. The standard InChI is InChI=1S/C15H18BrNO2S/c1-10(14-6-7-15(16)20-14)17-9-11-4-5-12(18-2)8-13(11)19-3/h4-8,10,17H,9H2,1-3H3. The van der Waals surface area contributed by atoms with E-state index in [2.05, 4.69) is 40.3 Å². The lowest BCUT2D eigenvalue weighted by atomic mass is 10.1. The van der Waals surface area contributed by atoms with Gasteiger partial charge in [-0.25, -0.2) is 0 Å². The fraction of sp³-hybridized carbons (Fsp3) is 0.333. The molecule has 0 saturated carbocycles. The van der Waals surface area contributed by atoms with Crippen molar-refractivity contribution in [2.45, 2.75) is 19.5 Å². The van der Waals surface area contributed by atoms with Crippen LogP contribution in [0, 0.1) is 0 Å². The van der Waals surface area contributed by atoms with Crippen LogP contribution in [-0.4, -0.2) is 14.2 Å². The highest BCUT2D eigenvalue weighted by Gasteiger charge is 2.10. The summed E-state index contributed by atoms with van der Waals surface area (Å²) in [5, 5.41) is 3.51. The molecule has 0 spiro atoms. The van der Waals surface area contributed by atoms with Gasteiger partial charge in [0.2, 0.25) is 0 Å². The summed E-state index contributed by atoms with van der Waals surface area (Å²) in [7, 11) is 3.33. The highest BCUT2D eigenvalue weighted by atomic mass is 79.9. The minimum atomic E-state index is 0.304. The summed E-state index contributed by atoms with van der Waals surface area (Å²) in [5.74, 6) is 1.65. The predicted molar refractivity (Wildman–Crippen MR) is 86.8 cm³/mol. The van der Waals surface area contributed by atoms with Crippen LogP contribution in [0.25, 0.3) is 0 Å². The van der Waals surface area contributed by atoms with E-state index < -0.39 is 0 Å². The number of hydrogen-bond donors (Lipinski definition) is 1. The second kappa shape index (κ2) is 7.11. The van der Waals surface area contributed by atoms with Crippen molar-refractivity contribution in [3.05, 3.63) is 44.6 Å². The van der Waals surface area contributed by atoms with Crippen LogP contribution >= 0.6 is 27.3 Å². The molecule has 1 heterocycles. The summed E-state index contributed by atoms with van der Waals surface area (Å²) in [6.45, 7) is 2.91. The van der Waals surface area contributed by atoms with Crippen LogP contribution < -0.4 is 14.8 Å². The third kappa shape index (κ3) is 3.75. The molecule has 0 bridgehead atoms. The topological polar surface area (TPSA) is 30.5 Å². The third-order valence-corrected chi connectivity index (χ3v) is 4.92. The van der Waals surface area contributed by atoms with E-state index >= 15 is 0 Å². The zero-order chi connectivity index (χ0) is 14.5. The van der Waals surface area contributed by atoms with E-state index in [0.717, 1.165) is 27.4 Å². The second-order valence-corrected chi connectivity index (χ2v) is 6.92. The summed E-state index contributed by atoms with van der Waals surface area (Å²) >= 11 is 5.24. The number of ether oxygens (including phenoxy) is 2. The summed E-state index contributed by atoms with van der Waals surface area (Å²) in [6, 6.07) is 10.4. The molecule has 1 aromatic carbocycles. The molecule has 0 saturated heterocycles. The Kier molecular flexibility index (Phi) is 5.46. The van der Waals surface area contributed by atoms with Gasteiger partial charge in [-0.1, -0.05) is 6.07 Å². The smallest absolute Gasteiger partial charge is 0.127 e. The fourth-order valence-corrected chi connectivity index (χ4v) is 3.37. The molecule has 0 aliphatic rings. The van der Waals surface area contributed by atoms with E-state index in [0.29, 0.717) is 6.04 Å². The summed E-state index contributed by atoms with van der Waals surface area (Å²) in [4.78, 5) is 1.31. The average molecular weight is 356 g/mol. The molecule has 1 N–H and O–H groups in total. The molecule has 0 radical (unpaired) electrons. The molecular weight excluding hydrogens is 338 g/mol. The van der Waals surface area contributed by atoms with Gasteiger partial charge in [-0.3, -0.25) is 0 Å². The number of hydrogen-bond acceptors (Lipinski definition) is 4. The number of thiophene rings is 1. The summed E-state index contributed by atoms with van der Waals surface area (Å²) in [6.07, 6.45) is 0. The van der Waals surface area contributed by atoms with E-state index in [1.165, 1.54) is 4.88 Å². The lowest BCUT2D eigenvalue weighted by Gasteiger charge is -2.15. The normalized spacial score (nSPS) is 12.2. The molecule has 1 unspecified atom stereocenters. The molecular formula is C15H18BrNO2S. The Balaban J connectivity index is 2.03. The van der Waals surface area contributed by atoms with E-state index in [1.54, 1.807) is 25.6 Å². The van der Waals surface area contributed by atoms with Gasteiger partial charge in [0, 0.05) is 29.1 Å². The van der Waals surface area contributed by atoms with Gasteiger partial charge in [-0.15, -0.1) is 11.3 Å². The minimum Gasteiger partial charge on any atom is -0.497 e. The van der Waals surface area contributed by atoms with E-state index in [1.807, 2.05) is 18.2 Å². The average Bonchev–Trinajstić information content (AvgIpc) is 2.91. The first-order chi connectivity index (χ1) is 9.63. The zero-order valence-corrected chi connectivity index (χ0v) is 14.2. The van der Waals surface area contributed by atoms with Crippen molar-refractivity contribution < 1.29 is 9.47 Å². The predicted octanol–water partition coefficient (Wildman–Crippen LogP) is 4.38. The Bertz CT molecular complexity index is 571. The van der Waals surface area contributed by atoms with Crippen molar-refractivity contribution in [1.82, 2.24) is 5.32 Å². The van der Waals surface area contributed by atoms with Gasteiger partial charge in [0.1, 0.15) is 11.5 Å². The van der Waals surface area contributed by atoms with Crippen LogP contribution in [0.5, 0.6) is 11.5 Å². The fourth-order valence-electron chi connectivity index (χ4n) is 1.92. The SMILES string of the molecule is COc1ccc(CNC(C)c2ccc(Br)s2)c(OC)c1. The molecule has 2 rings (SSSR count). The number of nitrogens with one attached hydrogen (secondary N) is 1. The first-order valence-corrected chi connectivity index (χ1v) is 7.94. The van der Waals surface area contributed by atoms with Crippen molar-refractivity contribution in [3.8, 4) is 11.5 Å². The summed E-state index contributed by atoms with van der Waals surface area (Å²) < 4.78 is 11.8. The maximum atomic E-state index is 5.41. The quantitative estimate of drug-likeness (QED) is 0.833. The first-order valence-electron chi connectivity index (χ1n) is 6.33. The van der Waals surface area contributed by atoms with Crippen molar-refractivity contribution in [3.63, 3.8) is 0 Å². The van der Waals surface area contributed by atoms with Gasteiger partial charge in [0.05, 0.1) is 18.0 Å². The van der Waals surface area contributed by atoms with Crippen molar-refractivity contribution in [2.75, 3.05) is 14.2 Å². The van der Waals surface area contributed by atoms with E-state index in [4.69, 9.17) is 9.47 Å². The molecule has 2 aromatic rings. The van der Waals surface area contributed by atoms with Crippen molar-refractivity contribution in [1.29, 1.82) is 0 Å². The van der Waals surface area contributed by atoms with Gasteiger partial charge >= 0.3 is 0 Å². The number of benzene rings is 1. The summed E-state index contributed by atoms with van der Waals surface area (Å²) in [5.41, 5.74) is 1.12. The highest BCUT2D eigenvalue weighted by molar-refractivity contribution is 9.11. The van der Waals surface area contributed by atoms with Gasteiger partial charge in [0.15, 0.2) is 0 Å². The number of halogens is 1. The molecule has 20 heavy (non-hydrogen) atoms. The Hall–Kier alpha value is -1.04. The number of rotatable bonds is 6. The Morgan fingerprint density at radius 2 is 2.00 bits per heavy atom. The first kappa shape index (κ1) is 15.4. The maximum Gasteiger partial charge on any atom is 0.127 e. The van der Waals surface area contributed by atoms with Crippen molar-refractivity contribution >= 4 is 27.3 Å². The van der Waals surface area contributed by atoms with E-state index in [9.17, 15) is 0 Å². The Morgan fingerprint density at radius 3 is 2.60 bits per heavy atom. The molecule has 5 heteroatoms. The van der Waals surface area contributed by atoms with Crippen LogP contribution in [0.4, 0.5) is 0 Å². The van der Waals surface area contributed by atoms with Crippen LogP contribution in [0.3, 0.4) is 0 Å². The molecule has 0 aliphatic carbocycles. The minimum absolute atomic E-state index is 0.304. The molecule has 0 aliphatic heterocycles. The molecule has 0 fully saturated rings. The molecule has 1 aromatic heterocycles. The van der Waals surface area contributed by atoms with Crippen LogP contribution in [0.1, 0.15) is 23.4 Å². The Morgan fingerprint density at radius 1 is 1.20 bits per heavy atom. The van der Waals surface area contributed by atoms with Gasteiger partial charge in [-0.2, -0.15) is 0 Å². The van der Waals surface area contributed by atoms with Crippen molar-refractivity contribution in [2.24, 2.45) is 0 Å². The molecule has 108 valence electrons. The molecule has 1 atom stereocenters. The molecule has 3 nitrogen and oxygen atoms in total. The van der Waals surface area contributed by atoms with Crippen LogP contribution in [0.15, 0.2) is 34.1 Å². The second-order valence-electron chi connectivity index (χ2n) is 4.42. The maximum absolute atomic E-state index is 5.41. The number of methoxy groups -OCH3 is 2. The largest absolute Gasteiger partial charge is 0.497 e. The van der Waals surface area contributed by atoms with Crippen LogP contribution in [-0.2, 0) is 6.54 Å². The van der Waals surface area contributed by atoms with Gasteiger partial charge in [-0.05, 0) is 41.1 Å². The van der Waals surface area contributed by atoms with Gasteiger partial charge in [0.25, 0.3) is 0 Å². The Labute approximate surface area is 132 Å². The monoisotopic (exact) mass is 355 g/mol. The third-order valence-electron chi connectivity index (χ3n) is 3.11. The van der Waals surface area contributed by atoms with Crippen LogP contribution in [0.2, 0.25) is 0 Å². The zero-order valence-electron chi connectivity index (χ0n) is 11.8. The van der Waals surface area contributed by atoms with Gasteiger partial charge < -0.3 is 14.8 Å². The van der Waals surface area contributed by atoms with E-state index in [-0.39, 0.29) is 0 Å². The molecule has 0 amide bonds. The lowest BCUT2D eigenvalue weighted by molar-refractivity contribution is 0.389. The lowest BCUT2D eigenvalue weighted by Crippen LogP contribution is -2.17.